The van der Waals surface area contributed by atoms with Gasteiger partial charge in [-0.25, -0.2) is 9.78 Å². The van der Waals surface area contributed by atoms with E-state index in [1.807, 2.05) is 25.7 Å². The minimum absolute atomic E-state index is 0.00521. The number of urea groups is 1. The predicted molar refractivity (Wildman–Crippen MR) is 99.5 cm³/mol. The van der Waals surface area contributed by atoms with Crippen molar-refractivity contribution >= 4 is 23.5 Å². The molecule has 3 heterocycles. The molecule has 8 nitrogen and oxygen atoms in total. The van der Waals surface area contributed by atoms with Crippen LogP contribution in [0.15, 0.2) is 12.3 Å². The lowest BCUT2D eigenvalue weighted by atomic mass is 10.1. The molecule has 4 amide bonds. The Kier molecular flexibility index (Phi) is 5.62. The van der Waals surface area contributed by atoms with Gasteiger partial charge in [0.1, 0.15) is 6.10 Å². The van der Waals surface area contributed by atoms with Gasteiger partial charge >= 0.3 is 6.03 Å². The molecule has 0 aromatic carbocycles. The minimum Gasteiger partial charge on any atom is -0.474 e. The first-order valence-corrected chi connectivity index (χ1v) is 9.39. The van der Waals surface area contributed by atoms with Crippen molar-refractivity contribution < 1.29 is 19.1 Å². The van der Waals surface area contributed by atoms with Crippen LogP contribution in [0.3, 0.4) is 0 Å². The molecule has 146 valence electrons. The second kappa shape index (κ2) is 7.94. The Balaban J connectivity index is 1.66. The standard InChI is InChI=1S/C19H26N4O4/c1-12(2)18(25)22-9-5-14(6-10-22)27-17-13(3)15(4-8-20-17)23-11-7-16(24)21-19(23)26/h4,8,12,14H,5-7,9-11H2,1-3H3,(H,21,24,26). The molecule has 1 aromatic rings. The number of hydrogen-bond donors (Lipinski definition) is 1. The zero-order valence-electron chi connectivity index (χ0n) is 16.0. The topological polar surface area (TPSA) is 91.8 Å². The highest BCUT2D eigenvalue weighted by molar-refractivity contribution is 6.05. The van der Waals surface area contributed by atoms with Crippen LogP contribution in [0.5, 0.6) is 5.88 Å². The number of anilines is 1. The van der Waals surface area contributed by atoms with Gasteiger partial charge < -0.3 is 9.64 Å². The molecule has 0 bridgehead atoms. The number of rotatable bonds is 4. The van der Waals surface area contributed by atoms with Crippen molar-refractivity contribution in [3.05, 3.63) is 17.8 Å². The highest BCUT2D eigenvalue weighted by atomic mass is 16.5. The molecule has 0 unspecified atom stereocenters. The summed E-state index contributed by atoms with van der Waals surface area (Å²) in [5.41, 5.74) is 1.46. The molecule has 0 spiro atoms. The average Bonchev–Trinajstić information content (AvgIpc) is 2.64. The lowest BCUT2D eigenvalue weighted by Crippen LogP contribution is -2.49. The number of likely N-dealkylation sites (tertiary alicyclic amines) is 1. The van der Waals surface area contributed by atoms with Crippen LogP contribution in [-0.4, -0.2) is 53.5 Å². The monoisotopic (exact) mass is 374 g/mol. The summed E-state index contributed by atoms with van der Waals surface area (Å²) in [6, 6.07) is 1.33. The van der Waals surface area contributed by atoms with Gasteiger partial charge in [0.25, 0.3) is 0 Å². The maximum absolute atomic E-state index is 12.1. The Bertz CT molecular complexity index is 741. The molecule has 1 aromatic heterocycles. The van der Waals surface area contributed by atoms with Crippen molar-refractivity contribution in [2.75, 3.05) is 24.5 Å². The van der Waals surface area contributed by atoms with Crippen LogP contribution in [-0.2, 0) is 9.59 Å². The second-order valence-electron chi connectivity index (χ2n) is 7.31. The van der Waals surface area contributed by atoms with E-state index >= 15 is 0 Å². The zero-order chi connectivity index (χ0) is 19.6. The smallest absolute Gasteiger partial charge is 0.328 e. The number of amides is 4. The Morgan fingerprint density at radius 3 is 2.59 bits per heavy atom. The van der Waals surface area contributed by atoms with E-state index in [1.165, 1.54) is 4.90 Å². The predicted octanol–water partition coefficient (Wildman–Crippen LogP) is 1.86. The molecule has 0 aliphatic carbocycles. The molecule has 2 fully saturated rings. The highest BCUT2D eigenvalue weighted by Crippen LogP contribution is 2.29. The van der Waals surface area contributed by atoms with E-state index in [4.69, 9.17) is 4.74 Å². The van der Waals surface area contributed by atoms with Gasteiger partial charge in [0.05, 0.1) is 5.69 Å². The summed E-state index contributed by atoms with van der Waals surface area (Å²) in [6.45, 7) is 7.37. The van der Waals surface area contributed by atoms with Gasteiger partial charge in [-0.15, -0.1) is 0 Å². The number of carbonyl (C=O) groups is 3. The number of hydrogen-bond acceptors (Lipinski definition) is 5. The van der Waals surface area contributed by atoms with Crippen molar-refractivity contribution in [2.45, 2.75) is 46.1 Å². The Morgan fingerprint density at radius 1 is 1.26 bits per heavy atom. The summed E-state index contributed by atoms with van der Waals surface area (Å²) < 4.78 is 6.09. The van der Waals surface area contributed by atoms with Crippen LogP contribution in [0.1, 0.15) is 38.7 Å². The van der Waals surface area contributed by atoms with Crippen molar-refractivity contribution in [3.63, 3.8) is 0 Å². The maximum Gasteiger partial charge on any atom is 0.328 e. The minimum atomic E-state index is -0.424. The van der Waals surface area contributed by atoms with Gasteiger partial charge in [-0.05, 0) is 13.0 Å². The van der Waals surface area contributed by atoms with Gasteiger partial charge in [-0.3, -0.25) is 19.8 Å². The third-order valence-electron chi connectivity index (χ3n) is 5.00. The van der Waals surface area contributed by atoms with Crippen LogP contribution in [0.25, 0.3) is 0 Å². The summed E-state index contributed by atoms with van der Waals surface area (Å²) in [5.74, 6) is 0.411. The number of piperidine rings is 1. The average molecular weight is 374 g/mol. The number of carbonyl (C=O) groups excluding carboxylic acids is 3. The van der Waals surface area contributed by atoms with Gasteiger partial charge in [0, 0.05) is 56.6 Å². The first kappa shape index (κ1) is 19.1. The van der Waals surface area contributed by atoms with E-state index in [1.54, 1.807) is 12.3 Å². The van der Waals surface area contributed by atoms with Gasteiger partial charge in [0.2, 0.25) is 17.7 Å². The lowest BCUT2D eigenvalue weighted by molar-refractivity contribution is -0.136. The molecule has 1 N–H and O–H groups in total. The second-order valence-corrected chi connectivity index (χ2v) is 7.31. The fourth-order valence-electron chi connectivity index (χ4n) is 3.43. The third-order valence-corrected chi connectivity index (χ3v) is 5.00. The molecule has 27 heavy (non-hydrogen) atoms. The number of pyridine rings is 1. The molecular weight excluding hydrogens is 348 g/mol. The number of nitrogens with one attached hydrogen (secondary N) is 1. The van der Waals surface area contributed by atoms with E-state index in [2.05, 4.69) is 10.3 Å². The largest absolute Gasteiger partial charge is 0.474 e. The zero-order valence-corrected chi connectivity index (χ0v) is 16.0. The summed E-state index contributed by atoms with van der Waals surface area (Å²) in [7, 11) is 0. The summed E-state index contributed by atoms with van der Waals surface area (Å²) in [6.07, 6.45) is 3.37. The molecular formula is C19H26N4O4. The fraction of sp³-hybridized carbons (Fsp3) is 0.579. The molecule has 0 radical (unpaired) electrons. The van der Waals surface area contributed by atoms with E-state index in [-0.39, 0.29) is 30.3 Å². The molecule has 3 rings (SSSR count). The van der Waals surface area contributed by atoms with Crippen LogP contribution >= 0.6 is 0 Å². The lowest BCUT2D eigenvalue weighted by Gasteiger charge is -2.33. The highest BCUT2D eigenvalue weighted by Gasteiger charge is 2.28. The van der Waals surface area contributed by atoms with Crippen LogP contribution in [0.2, 0.25) is 0 Å². The summed E-state index contributed by atoms with van der Waals surface area (Å²) >= 11 is 0. The SMILES string of the molecule is Cc1c(N2CCC(=O)NC2=O)ccnc1OC1CCN(C(=O)C(C)C)CC1. The van der Waals surface area contributed by atoms with Crippen molar-refractivity contribution in [1.29, 1.82) is 0 Å². The number of imide groups is 1. The first-order valence-electron chi connectivity index (χ1n) is 9.39. The number of nitrogens with zero attached hydrogens (tertiary/aromatic N) is 3. The molecule has 0 saturated carbocycles. The summed E-state index contributed by atoms with van der Waals surface area (Å²) in [4.78, 5) is 43.3. The third kappa shape index (κ3) is 4.20. The Morgan fingerprint density at radius 2 is 1.96 bits per heavy atom. The number of aromatic nitrogens is 1. The van der Waals surface area contributed by atoms with Crippen molar-refractivity contribution in [1.82, 2.24) is 15.2 Å². The van der Waals surface area contributed by atoms with Crippen LogP contribution in [0, 0.1) is 12.8 Å². The summed E-state index contributed by atoms with van der Waals surface area (Å²) in [5, 5.41) is 2.33. The maximum atomic E-state index is 12.1. The van der Waals surface area contributed by atoms with Crippen LogP contribution in [0.4, 0.5) is 10.5 Å². The molecule has 2 aliphatic heterocycles. The molecule has 2 aliphatic rings. The van der Waals surface area contributed by atoms with Gasteiger partial charge in [-0.1, -0.05) is 13.8 Å². The Hall–Kier alpha value is -2.64. The normalized spacial score (nSPS) is 18.7. The quantitative estimate of drug-likeness (QED) is 0.869. The fourth-order valence-corrected chi connectivity index (χ4v) is 3.43. The first-order chi connectivity index (χ1) is 12.9. The number of ether oxygens (including phenoxy) is 1. The molecule has 8 heteroatoms. The van der Waals surface area contributed by atoms with Crippen molar-refractivity contribution in [3.8, 4) is 5.88 Å². The van der Waals surface area contributed by atoms with E-state index in [0.717, 1.165) is 18.4 Å². The van der Waals surface area contributed by atoms with Crippen molar-refractivity contribution in [2.24, 2.45) is 5.92 Å². The van der Waals surface area contributed by atoms with Crippen LogP contribution < -0.4 is 15.0 Å². The van der Waals surface area contributed by atoms with E-state index in [0.29, 0.717) is 31.2 Å². The molecule has 2 saturated heterocycles. The van der Waals surface area contributed by atoms with Gasteiger partial charge in [-0.2, -0.15) is 0 Å². The molecule has 0 atom stereocenters. The van der Waals surface area contributed by atoms with Gasteiger partial charge in [0.15, 0.2) is 0 Å². The van der Waals surface area contributed by atoms with E-state index < -0.39 is 6.03 Å². The van der Waals surface area contributed by atoms with E-state index in [9.17, 15) is 14.4 Å². The Labute approximate surface area is 158 Å².